The summed E-state index contributed by atoms with van der Waals surface area (Å²) in [6.07, 6.45) is 7.04. The number of thioether (sulfide) groups is 1. The van der Waals surface area contributed by atoms with Crippen LogP contribution in [-0.4, -0.2) is 15.4 Å². The molecule has 0 spiro atoms. The molecule has 2 N–H and O–H groups in total. The molecule has 0 atom stereocenters. The highest BCUT2D eigenvalue weighted by molar-refractivity contribution is 7.99. The third-order valence-electron chi connectivity index (χ3n) is 3.91. The Morgan fingerprint density at radius 2 is 2.00 bits per heavy atom. The minimum atomic E-state index is -0.455. The molecule has 0 radical (unpaired) electrons. The Kier molecular flexibility index (Phi) is 4.67. The van der Waals surface area contributed by atoms with Crippen molar-refractivity contribution in [3.63, 3.8) is 0 Å². The molecule has 18 heavy (non-hydrogen) atoms. The molecule has 0 aliphatic heterocycles. The first-order valence-electron chi connectivity index (χ1n) is 6.91. The average molecular weight is 269 g/mol. The smallest absolute Gasteiger partial charge is 0.246 e. The van der Waals surface area contributed by atoms with Crippen molar-refractivity contribution in [3.05, 3.63) is 11.7 Å². The number of hydrogen-bond acceptors (Lipinski definition) is 5. The Labute approximate surface area is 113 Å². The maximum Gasteiger partial charge on any atom is 0.246 e. The van der Waals surface area contributed by atoms with Crippen molar-refractivity contribution in [2.75, 3.05) is 0 Å². The maximum atomic E-state index is 6.25. The van der Waals surface area contributed by atoms with Gasteiger partial charge in [-0.05, 0) is 25.7 Å². The molecule has 1 aliphatic rings. The topological polar surface area (TPSA) is 64.9 Å². The number of nitrogens with two attached hydrogens (primary N) is 1. The predicted octanol–water partition coefficient (Wildman–Crippen LogP) is 3.22. The highest BCUT2D eigenvalue weighted by atomic mass is 32.2. The minimum absolute atomic E-state index is 0.455. The van der Waals surface area contributed by atoms with Gasteiger partial charge in [-0.25, -0.2) is 0 Å². The summed E-state index contributed by atoms with van der Waals surface area (Å²) in [4.78, 5) is 4.46. The first-order valence-corrected chi connectivity index (χ1v) is 7.96. The third-order valence-corrected chi connectivity index (χ3v) is 5.27. The van der Waals surface area contributed by atoms with Crippen molar-refractivity contribution in [2.45, 2.75) is 68.9 Å². The molecule has 0 aromatic carbocycles. The van der Waals surface area contributed by atoms with E-state index in [0.29, 0.717) is 5.89 Å². The van der Waals surface area contributed by atoms with Gasteiger partial charge in [0.25, 0.3) is 0 Å². The molecule has 4 nitrogen and oxygen atoms in total. The summed E-state index contributed by atoms with van der Waals surface area (Å²) in [5, 5.41) is 4.84. The van der Waals surface area contributed by atoms with E-state index in [1.165, 1.54) is 25.7 Å². The average Bonchev–Trinajstić information content (AvgIpc) is 3.06. The second-order valence-corrected chi connectivity index (χ2v) is 6.39. The van der Waals surface area contributed by atoms with Crippen LogP contribution >= 0.6 is 11.8 Å². The molecule has 0 amide bonds. The van der Waals surface area contributed by atoms with Gasteiger partial charge >= 0.3 is 0 Å². The van der Waals surface area contributed by atoms with Crippen LogP contribution in [0.15, 0.2) is 4.52 Å². The number of nitrogens with zero attached hydrogens (tertiary/aromatic N) is 2. The SMILES string of the molecule is CCC(N)(CC)c1nc(CSC2CCCC2)no1. The molecule has 0 saturated heterocycles. The van der Waals surface area contributed by atoms with E-state index in [4.69, 9.17) is 10.3 Å². The van der Waals surface area contributed by atoms with Gasteiger partial charge in [0.05, 0.1) is 11.3 Å². The van der Waals surface area contributed by atoms with Crippen LogP contribution in [0.4, 0.5) is 0 Å². The lowest BCUT2D eigenvalue weighted by molar-refractivity contribution is 0.267. The van der Waals surface area contributed by atoms with Crippen LogP contribution < -0.4 is 5.73 Å². The summed E-state index contributed by atoms with van der Waals surface area (Å²) >= 11 is 1.95. The van der Waals surface area contributed by atoms with Crippen molar-refractivity contribution in [1.29, 1.82) is 0 Å². The lowest BCUT2D eigenvalue weighted by Gasteiger charge is -2.20. The van der Waals surface area contributed by atoms with E-state index in [0.717, 1.165) is 29.7 Å². The number of rotatable bonds is 6. The zero-order valence-electron chi connectivity index (χ0n) is 11.3. The van der Waals surface area contributed by atoms with Gasteiger partial charge in [0, 0.05) is 5.25 Å². The normalized spacial score (nSPS) is 17.5. The Hall–Kier alpha value is -0.550. The van der Waals surface area contributed by atoms with Gasteiger partial charge in [-0.15, -0.1) is 0 Å². The van der Waals surface area contributed by atoms with Crippen LogP contribution in [0.2, 0.25) is 0 Å². The first kappa shape index (κ1) is 13.9. The van der Waals surface area contributed by atoms with E-state index >= 15 is 0 Å². The van der Waals surface area contributed by atoms with Crippen LogP contribution in [-0.2, 0) is 11.3 Å². The highest BCUT2D eigenvalue weighted by Crippen LogP contribution is 2.31. The Morgan fingerprint density at radius 1 is 1.33 bits per heavy atom. The fraction of sp³-hybridized carbons (Fsp3) is 0.846. The third kappa shape index (κ3) is 3.06. The molecular formula is C13H23N3OS. The van der Waals surface area contributed by atoms with Crippen LogP contribution in [0.3, 0.4) is 0 Å². The van der Waals surface area contributed by atoms with Crippen LogP contribution in [0.1, 0.15) is 64.1 Å². The summed E-state index contributed by atoms with van der Waals surface area (Å²) in [6, 6.07) is 0. The summed E-state index contributed by atoms with van der Waals surface area (Å²) in [5.41, 5.74) is 5.79. The van der Waals surface area contributed by atoms with Crippen LogP contribution in [0.5, 0.6) is 0 Å². The standard InChI is InChI=1S/C13H23N3OS/c1-3-13(14,4-2)12-15-11(16-17-12)9-18-10-7-5-6-8-10/h10H,3-9,14H2,1-2H3. The van der Waals surface area contributed by atoms with Crippen molar-refractivity contribution < 1.29 is 4.52 Å². The summed E-state index contributed by atoms with van der Waals surface area (Å²) < 4.78 is 5.33. The monoisotopic (exact) mass is 269 g/mol. The zero-order chi connectivity index (χ0) is 13.0. The molecule has 1 saturated carbocycles. The molecule has 1 aromatic rings. The molecule has 102 valence electrons. The summed E-state index contributed by atoms with van der Waals surface area (Å²) in [6.45, 7) is 4.11. The molecule has 1 heterocycles. The van der Waals surface area contributed by atoms with Crippen LogP contribution in [0.25, 0.3) is 0 Å². The zero-order valence-corrected chi connectivity index (χ0v) is 12.1. The van der Waals surface area contributed by atoms with Gasteiger partial charge in [0.1, 0.15) is 0 Å². The lowest BCUT2D eigenvalue weighted by atomic mass is 9.94. The van der Waals surface area contributed by atoms with Gasteiger partial charge in [0.15, 0.2) is 5.82 Å². The molecule has 5 heteroatoms. The van der Waals surface area contributed by atoms with E-state index in [2.05, 4.69) is 24.0 Å². The number of hydrogen-bond donors (Lipinski definition) is 1. The van der Waals surface area contributed by atoms with E-state index in [9.17, 15) is 0 Å². The minimum Gasteiger partial charge on any atom is -0.337 e. The predicted molar refractivity (Wildman–Crippen MR) is 74.3 cm³/mol. The Bertz CT molecular complexity index is 370. The van der Waals surface area contributed by atoms with E-state index in [1.807, 2.05) is 11.8 Å². The largest absolute Gasteiger partial charge is 0.337 e. The van der Waals surface area contributed by atoms with Crippen molar-refractivity contribution in [2.24, 2.45) is 5.73 Å². The van der Waals surface area contributed by atoms with Crippen molar-refractivity contribution in [3.8, 4) is 0 Å². The molecule has 1 aromatic heterocycles. The lowest BCUT2D eigenvalue weighted by Crippen LogP contribution is -2.35. The Morgan fingerprint density at radius 3 is 2.61 bits per heavy atom. The van der Waals surface area contributed by atoms with E-state index < -0.39 is 5.54 Å². The molecule has 0 bridgehead atoms. The highest BCUT2D eigenvalue weighted by Gasteiger charge is 2.30. The molecule has 2 rings (SSSR count). The summed E-state index contributed by atoms with van der Waals surface area (Å²) in [5.74, 6) is 2.23. The quantitative estimate of drug-likeness (QED) is 0.859. The first-order chi connectivity index (χ1) is 8.68. The van der Waals surface area contributed by atoms with Gasteiger partial charge in [-0.2, -0.15) is 16.7 Å². The van der Waals surface area contributed by atoms with Crippen molar-refractivity contribution >= 4 is 11.8 Å². The molecule has 1 aliphatic carbocycles. The van der Waals surface area contributed by atoms with Crippen molar-refractivity contribution in [1.82, 2.24) is 10.1 Å². The second kappa shape index (κ2) is 6.06. The maximum absolute atomic E-state index is 6.25. The van der Waals surface area contributed by atoms with Crippen LogP contribution in [0, 0.1) is 0 Å². The van der Waals surface area contributed by atoms with Gasteiger partial charge in [0.2, 0.25) is 5.89 Å². The van der Waals surface area contributed by atoms with E-state index in [-0.39, 0.29) is 0 Å². The van der Waals surface area contributed by atoms with Gasteiger partial charge in [-0.1, -0.05) is 31.8 Å². The fourth-order valence-corrected chi connectivity index (χ4v) is 3.48. The molecule has 1 fully saturated rings. The van der Waals surface area contributed by atoms with E-state index in [1.54, 1.807) is 0 Å². The molecule has 0 unspecified atom stereocenters. The second-order valence-electron chi connectivity index (χ2n) is 5.10. The van der Waals surface area contributed by atoms with Gasteiger partial charge < -0.3 is 10.3 Å². The number of aromatic nitrogens is 2. The Balaban J connectivity index is 1.93. The van der Waals surface area contributed by atoms with Gasteiger partial charge in [-0.3, -0.25) is 0 Å². The fourth-order valence-electron chi connectivity index (χ4n) is 2.31. The summed E-state index contributed by atoms with van der Waals surface area (Å²) in [7, 11) is 0. The molecular weight excluding hydrogens is 246 g/mol.